The van der Waals surface area contributed by atoms with E-state index in [1.165, 1.54) is 11.6 Å². The Balaban J connectivity index is 1.77. The van der Waals surface area contributed by atoms with Gasteiger partial charge >= 0.3 is 0 Å². The van der Waals surface area contributed by atoms with Crippen LogP contribution in [0.4, 0.5) is 4.39 Å². The minimum absolute atomic E-state index is 0.0567. The summed E-state index contributed by atoms with van der Waals surface area (Å²) in [6, 6.07) is 11.1. The molecule has 2 saturated heterocycles. The van der Waals surface area contributed by atoms with Crippen LogP contribution in [0.25, 0.3) is 11.1 Å². The van der Waals surface area contributed by atoms with Gasteiger partial charge in [0.2, 0.25) is 0 Å². The maximum atomic E-state index is 14.1. The predicted octanol–water partition coefficient (Wildman–Crippen LogP) is 5.76. The number of rotatable bonds is 6. The maximum absolute atomic E-state index is 14.1. The van der Waals surface area contributed by atoms with Crippen LogP contribution in [0.1, 0.15) is 50.7 Å². The Hall–Kier alpha value is -1.46. The lowest BCUT2D eigenvalue weighted by molar-refractivity contribution is -0.192. The first-order valence-corrected chi connectivity index (χ1v) is 11.3. The lowest BCUT2D eigenvalue weighted by atomic mass is 9.71. The quantitative estimate of drug-likeness (QED) is 0.631. The van der Waals surface area contributed by atoms with Crippen LogP contribution in [0.3, 0.4) is 0 Å². The minimum atomic E-state index is -0.570. The highest BCUT2D eigenvalue weighted by Gasteiger charge is 2.56. The largest absolute Gasteiger partial charge is 0.390 e. The monoisotopic (exact) mass is 432 g/mol. The van der Waals surface area contributed by atoms with E-state index in [2.05, 4.69) is 26.0 Å². The first kappa shape index (κ1) is 21.8. The van der Waals surface area contributed by atoms with Gasteiger partial charge in [-0.15, -0.1) is 0 Å². The molecule has 0 aliphatic carbocycles. The second-order valence-electron chi connectivity index (χ2n) is 8.60. The highest BCUT2D eigenvalue weighted by molar-refractivity contribution is 6.30. The van der Waals surface area contributed by atoms with Crippen LogP contribution < -0.4 is 0 Å². The van der Waals surface area contributed by atoms with Crippen molar-refractivity contribution >= 4 is 11.6 Å². The third kappa shape index (κ3) is 3.69. The van der Waals surface area contributed by atoms with E-state index in [1.807, 2.05) is 19.1 Å². The molecule has 3 nitrogen and oxygen atoms in total. The van der Waals surface area contributed by atoms with Crippen molar-refractivity contribution in [2.75, 3.05) is 13.2 Å². The molecular weight excluding hydrogens is 403 g/mol. The number of aryl methyl sites for hydroxylation is 1. The Morgan fingerprint density at radius 2 is 1.93 bits per heavy atom. The van der Waals surface area contributed by atoms with Crippen molar-refractivity contribution < 1.29 is 19.0 Å². The van der Waals surface area contributed by atoms with Gasteiger partial charge < -0.3 is 14.6 Å². The summed E-state index contributed by atoms with van der Waals surface area (Å²) in [5.41, 5.74) is 3.67. The molecule has 30 heavy (non-hydrogen) atoms. The summed E-state index contributed by atoms with van der Waals surface area (Å²) in [5.74, 6) is -0.387. The van der Waals surface area contributed by atoms with E-state index in [9.17, 15) is 9.50 Å². The lowest BCUT2D eigenvalue weighted by Gasteiger charge is -2.47. The molecule has 2 aliphatic rings. The molecule has 5 atom stereocenters. The molecule has 5 unspecified atom stereocenters. The normalized spacial score (nSPS) is 30.6. The van der Waals surface area contributed by atoms with E-state index in [4.69, 9.17) is 21.1 Å². The Bertz CT molecular complexity index is 917. The first-order valence-electron chi connectivity index (χ1n) is 10.9. The summed E-state index contributed by atoms with van der Waals surface area (Å²) in [5, 5.41) is 11.4. The van der Waals surface area contributed by atoms with Crippen molar-refractivity contribution in [2.24, 2.45) is 5.92 Å². The van der Waals surface area contributed by atoms with Gasteiger partial charge in [0, 0.05) is 12.5 Å². The van der Waals surface area contributed by atoms with E-state index in [0.717, 1.165) is 36.0 Å². The number of fused-ring (bicyclic) bond motifs is 2. The zero-order valence-electron chi connectivity index (χ0n) is 17.8. The summed E-state index contributed by atoms with van der Waals surface area (Å²) in [6.07, 6.45) is 1.87. The molecule has 0 radical (unpaired) electrons. The second kappa shape index (κ2) is 8.58. The van der Waals surface area contributed by atoms with E-state index in [0.29, 0.717) is 13.2 Å². The molecule has 2 heterocycles. The van der Waals surface area contributed by atoms with E-state index in [-0.39, 0.29) is 28.6 Å². The standard InChI is InChI=1S/C25H30ClFO3/c1-4-16-6-7-17(18-8-9-20(26)21(27)13-18)12-19(16)23-15(3)25(14-29-5-2)11-10-22(30-25)24(23)28/h6-9,12-13,15,22-24,28H,4-5,10-11,14H2,1-3H3. The van der Waals surface area contributed by atoms with Crippen molar-refractivity contribution in [1.82, 2.24) is 0 Å². The number of hydrogen-bond donors (Lipinski definition) is 1. The number of halogens is 2. The molecule has 0 spiro atoms. The zero-order valence-corrected chi connectivity index (χ0v) is 18.6. The highest BCUT2D eigenvalue weighted by Crippen LogP contribution is 2.52. The summed E-state index contributed by atoms with van der Waals surface area (Å²) >= 11 is 5.87. The third-order valence-corrected chi connectivity index (χ3v) is 7.35. The van der Waals surface area contributed by atoms with E-state index >= 15 is 0 Å². The summed E-state index contributed by atoms with van der Waals surface area (Å²) < 4.78 is 26.2. The van der Waals surface area contributed by atoms with Crippen LogP contribution in [0.15, 0.2) is 36.4 Å². The fraction of sp³-hybridized carbons (Fsp3) is 0.520. The second-order valence-corrected chi connectivity index (χ2v) is 9.01. The SMILES string of the molecule is CCOCC12CCC(O1)C(O)C(c1cc(-c3ccc(Cl)c(F)c3)ccc1CC)C2C. The van der Waals surface area contributed by atoms with E-state index in [1.54, 1.807) is 6.07 Å². The molecule has 2 aliphatic heterocycles. The van der Waals surface area contributed by atoms with Crippen molar-refractivity contribution in [1.29, 1.82) is 0 Å². The fourth-order valence-electron chi connectivity index (χ4n) is 5.28. The van der Waals surface area contributed by atoms with Crippen LogP contribution in [-0.4, -0.2) is 36.1 Å². The molecule has 0 aromatic heterocycles. The van der Waals surface area contributed by atoms with Gasteiger partial charge in [0.05, 0.1) is 29.4 Å². The predicted molar refractivity (Wildman–Crippen MR) is 117 cm³/mol. The fourth-order valence-corrected chi connectivity index (χ4v) is 5.40. The summed E-state index contributed by atoms with van der Waals surface area (Å²) in [7, 11) is 0. The molecule has 1 N–H and O–H groups in total. The maximum Gasteiger partial charge on any atom is 0.142 e. The van der Waals surface area contributed by atoms with Crippen molar-refractivity contribution in [2.45, 2.75) is 63.8 Å². The summed E-state index contributed by atoms with van der Waals surface area (Å²) in [4.78, 5) is 0. The molecule has 2 aromatic rings. The van der Waals surface area contributed by atoms with Gasteiger partial charge in [-0.2, -0.15) is 0 Å². The van der Waals surface area contributed by atoms with Crippen molar-refractivity contribution in [3.63, 3.8) is 0 Å². The Morgan fingerprint density at radius 1 is 1.20 bits per heavy atom. The van der Waals surface area contributed by atoms with Gasteiger partial charge in [-0.05, 0) is 66.5 Å². The highest BCUT2D eigenvalue weighted by atomic mass is 35.5. The van der Waals surface area contributed by atoms with Gasteiger partial charge in [0.25, 0.3) is 0 Å². The third-order valence-electron chi connectivity index (χ3n) is 7.04. The molecule has 0 saturated carbocycles. The number of aliphatic hydroxyl groups is 1. The number of ether oxygens (including phenoxy) is 2. The van der Waals surface area contributed by atoms with Crippen LogP contribution >= 0.6 is 11.6 Å². The Kier molecular flexibility index (Phi) is 6.23. The van der Waals surface area contributed by atoms with Gasteiger partial charge in [-0.1, -0.05) is 49.7 Å². The van der Waals surface area contributed by atoms with Gasteiger partial charge in [0.15, 0.2) is 0 Å². The topological polar surface area (TPSA) is 38.7 Å². The number of hydrogen-bond acceptors (Lipinski definition) is 3. The molecule has 4 rings (SSSR count). The minimum Gasteiger partial charge on any atom is -0.390 e. The van der Waals surface area contributed by atoms with Crippen LogP contribution in [0.5, 0.6) is 0 Å². The summed E-state index contributed by atoms with van der Waals surface area (Å²) in [6.45, 7) is 7.48. The lowest BCUT2D eigenvalue weighted by Crippen LogP contribution is -2.53. The van der Waals surface area contributed by atoms with Gasteiger partial charge in [0.1, 0.15) is 5.82 Å². The Labute approximate surface area is 183 Å². The van der Waals surface area contributed by atoms with Crippen LogP contribution in [-0.2, 0) is 15.9 Å². The molecule has 5 heteroatoms. The number of benzene rings is 2. The molecule has 2 fully saturated rings. The van der Waals surface area contributed by atoms with Gasteiger partial charge in [-0.25, -0.2) is 4.39 Å². The van der Waals surface area contributed by atoms with Crippen LogP contribution in [0, 0.1) is 11.7 Å². The average Bonchev–Trinajstić information content (AvgIpc) is 3.16. The molecule has 2 aromatic carbocycles. The first-order chi connectivity index (χ1) is 14.4. The van der Waals surface area contributed by atoms with Crippen molar-refractivity contribution in [3.05, 3.63) is 58.4 Å². The van der Waals surface area contributed by atoms with Crippen molar-refractivity contribution in [3.8, 4) is 11.1 Å². The van der Waals surface area contributed by atoms with E-state index < -0.39 is 11.9 Å². The zero-order chi connectivity index (χ0) is 21.5. The Morgan fingerprint density at radius 3 is 2.63 bits per heavy atom. The van der Waals surface area contributed by atoms with Crippen LogP contribution in [0.2, 0.25) is 5.02 Å². The molecule has 162 valence electrons. The molecule has 2 bridgehead atoms. The van der Waals surface area contributed by atoms with Gasteiger partial charge in [-0.3, -0.25) is 0 Å². The smallest absolute Gasteiger partial charge is 0.142 e. The molecule has 0 amide bonds. The average molecular weight is 433 g/mol. The molecular formula is C25H30ClFO3. The number of aliphatic hydroxyl groups excluding tert-OH is 1.